The fourth-order valence-corrected chi connectivity index (χ4v) is 2.74. The van der Waals surface area contributed by atoms with Crippen LogP contribution in [0.2, 0.25) is 0 Å². The van der Waals surface area contributed by atoms with E-state index in [4.69, 9.17) is 14.6 Å². The first kappa shape index (κ1) is 23.1. The van der Waals surface area contributed by atoms with Gasteiger partial charge in [-0.25, -0.2) is 0 Å². The highest BCUT2D eigenvalue weighted by atomic mass is 19.4. The molecule has 0 amide bonds. The summed E-state index contributed by atoms with van der Waals surface area (Å²) >= 11 is 0. The third kappa shape index (κ3) is 7.03. The summed E-state index contributed by atoms with van der Waals surface area (Å²) in [5.41, 5.74) is -0.0287. The van der Waals surface area contributed by atoms with Crippen molar-refractivity contribution in [1.29, 1.82) is 0 Å². The molecule has 0 aliphatic heterocycles. The number of carboxylic acid groups (broad SMARTS) is 1. The minimum atomic E-state index is -4.47. The Balaban J connectivity index is 1.90. The van der Waals surface area contributed by atoms with E-state index in [1.807, 2.05) is 6.92 Å². The number of benzene rings is 2. The molecule has 2 rings (SSSR count). The fourth-order valence-electron chi connectivity index (χ4n) is 2.74. The maximum atomic E-state index is 13.0. The maximum Gasteiger partial charge on any atom is 0.419 e. The summed E-state index contributed by atoms with van der Waals surface area (Å²) in [6.07, 6.45) is -4.56. The van der Waals surface area contributed by atoms with E-state index >= 15 is 0 Å². The maximum absolute atomic E-state index is 13.0. The van der Waals surface area contributed by atoms with Crippen LogP contribution in [0, 0.1) is 17.8 Å². The van der Waals surface area contributed by atoms with Crippen LogP contribution in [0.4, 0.5) is 13.2 Å². The van der Waals surface area contributed by atoms with Crippen molar-refractivity contribution < 1.29 is 32.5 Å². The van der Waals surface area contributed by atoms with Gasteiger partial charge in [0, 0.05) is 5.92 Å². The van der Waals surface area contributed by atoms with Crippen molar-refractivity contribution in [2.45, 2.75) is 32.4 Å². The van der Waals surface area contributed by atoms with Gasteiger partial charge in [-0.2, -0.15) is 13.2 Å². The highest BCUT2D eigenvalue weighted by molar-refractivity contribution is 5.69. The lowest BCUT2D eigenvalue weighted by Gasteiger charge is -2.17. The van der Waals surface area contributed by atoms with Gasteiger partial charge in [0.05, 0.1) is 31.1 Å². The summed E-state index contributed by atoms with van der Waals surface area (Å²) in [5, 5.41) is 9.00. The van der Waals surface area contributed by atoms with Gasteiger partial charge in [0.2, 0.25) is 0 Å². The Morgan fingerprint density at radius 3 is 2.30 bits per heavy atom. The van der Waals surface area contributed by atoms with Gasteiger partial charge in [-0.05, 0) is 36.8 Å². The highest BCUT2D eigenvalue weighted by Gasteiger charge is 2.34. The van der Waals surface area contributed by atoms with E-state index in [1.54, 1.807) is 31.2 Å². The summed E-state index contributed by atoms with van der Waals surface area (Å²) in [4.78, 5) is 11.0. The summed E-state index contributed by atoms with van der Waals surface area (Å²) in [6.45, 7) is 3.78. The van der Waals surface area contributed by atoms with Crippen LogP contribution >= 0.6 is 0 Å². The van der Waals surface area contributed by atoms with Gasteiger partial charge >= 0.3 is 12.1 Å². The Morgan fingerprint density at radius 2 is 1.70 bits per heavy atom. The topological polar surface area (TPSA) is 55.8 Å². The monoisotopic (exact) mass is 420 g/mol. The molecule has 0 aliphatic carbocycles. The first-order valence-electron chi connectivity index (χ1n) is 9.36. The van der Waals surface area contributed by atoms with Crippen LogP contribution in [0.5, 0.6) is 11.5 Å². The Bertz CT molecular complexity index is 895. The van der Waals surface area contributed by atoms with Gasteiger partial charge in [0.15, 0.2) is 0 Å². The number of carboxylic acids is 1. The van der Waals surface area contributed by atoms with E-state index in [9.17, 15) is 18.0 Å². The van der Waals surface area contributed by atoms with E-state index in [-0.39, 0.29) is 31.3 Å². The van der Waals surface area contributed by atoms with E-state index in [0.29, 0.717) is 5.75 Å². The van der Waals surface area contributed by atoms with Gasteiger partial charge in [0.25, 0.3) is 0 Å². The van der Waals surface area contributed by atoms with Crippen LogP contribution in [-0.4, -0.2) is 24.3 Å². The second kappa shape index (κ2) is 10.6. The number of ether oxygens (including phenoxy) is 2. The smallest absolute Gasteiger partial charge is 0.419 e. The summed E-state index contributed by atoms with van der Waals surface area (Å²) in [7, 11) is 0. The van der Waals surface area contributed by atoms with Crippen molar-refractivity contribution >= 4 is 5.97 Å². The second-order valence-electron chi connectivity index (χ2n) is 6.83. The third-order valence-electron chi connectivity index (χ3n) is 4.23. The van der Waals surface area contributed by atoms with Crippen LogP contribution in [0.3, 0.4) is 0 Å². The molecule has 1 N–H and O–H groups in total. The molecule has 0 bridgehead atoms. The van der Waals surface area contributed by atoms with Gasteiger partial charge in [0.1, 0.15) is 11.5 Å². The van der Waals surface area contributed by atoms with Crippen LogP contribution in [0.25, 0.3) is 0 Å². The van der Waals surface area contributed by atoms with Crippen molar-refractivity contribution in [2.75, 3.05) is 13.2 Å². The minimum Gasteiger partial charge on any atom is -0.493 e. The number of rotatable bonds is 9. The van der Waals surface area contributed by atoms with E-state index in [0.717, 1.165) is 11.6 Å². The molecule has 2 unspecified atom stereocenters. The summed E-state index contributed by atoms with van der Waals surface area (Å²) in [5.74, 6) is 4.50. The summed E-state index contributed by atoms with van der Waals surface area (Å²) < 4.78 is 50.0. The largest absolute Gasteiger partial charge is 0.493 e. The Morgan fingerprint density at radius 1 is 1.07 bits per heavy atom. The number of carbonyl (C=O) groups is 1. The average Bonchev–Trinajstić information content (AvgIpc) is 2.70. The molecular weight excluding hydrogens is 397 g/mol. The minimum absolute atomic E-state index is 0.0674. The lowest BCUT2D eigenvalue weighted by molar-refractivity contribution is -0.139. The summed E-state index contributed by atoms with van der Waals surface area (Å²) in [6, 6.07) is 12.0. The van der Waals surface area contributed by atoms with Gasteiger partial charge in [-0.1, -0.05) is 37.1 Å². The van der Waals surface area contributed by atoms with Crippen molar-refractivity contribution in [3.8, 4) is 23.3 Å². The quantitative estimate of drug-likeness (QED) is 0.554. The molecule has 0 fully saturated rings. The van der Waals surface area contributed by atoms with E-state index < -0.39 is 23.6 Å². The molecule has 30 heavy (non-hydrogen) atoms. The Labute approximate surface area is 173 Å². The second-order valence-corrected chi connectivity index (χ2v) is 6.83. The lowest BCUT2D eigenvalue weighted by atomic mass is 9.96. The van der Waals surface area contributed by atoms with Crippen molar-refractivity contribution in [1.82, 2.24) is 0 Å². The molecule has 160 valence electrons. The average molecular weight is 420 g/mol. The van der Waals surface area contributed by atoms with Crippen molar-refractivity contribution in [3.63, 3.8) is 0 Å². The number of hydrogen-bond acceptors (Lipinski definition) is 3. The van der Waals surface area contributed by atoms with Crippen LogP contribution in [0.15, 0.2) is 48.5 Å². The molecular formula is C23H23F3O4. The van der Waals surface area contributed by atoms with Gasteiger partial charge in [-0.15, -0.1) is 5.92 Å². The first-order valence-corrected chi connectivity index (χ1v) is 9.36. The van der Waals surface area contributed by atoms with Crippen LogP contribution in [0.1, 0.15) is 37.3 Å². The highest BCUT2D eigenvalue weighted by Crippen LogP contribution is 2.36. The Kier molecular flexibility index (Phi) is 8.16. The zero-order valence-corrected chi connectivity index (χ0v) is 16.7. The molecule has 7 heteroatoms. The Hall–Kier alpha value is -3.14. The van der Waals surface area contributed by atoms with E-state index in [1.165, 1.54) is 18.2 Å². The molecule has 2 aromatic carbocycles. The number of hydrogen-bond donors (Lipinski definition) is 1. The van der Waals surface area contributed by atoms with Gasteiger partial charge < -0.3 is 14.6 Å². The van der Waals surface area contributed by atoms with Crippen LogP contribution < -0.4 is 9.47 Å². The molecule has 0 heterocycles. The zero-order valence-electron chi connectivity index (χ0n) is 16.7. The molecule has 0 saturated heterocycles. The molecule has 4 nitrogen and oxygen atoms in total. The third-order valence-corrected chi connectivity index (χ3v) is 4.23. The molecule has 2 aromatic rings. The lowest BCUT2D eigenvalue weighted by Crippen LogP contribution is -2.18. The molecule has 0 spiro atoms. The molecule has 0 saturated carbocycles. The first-order chi connectivity index (χ1) is 14.2. The SMILES string of the molecule is CC#CC(CC(=O)O)c1ccc(OCC(C)COc2ccccc2C(F)(F)F)cc1. The number of aliphatic carboxylic acids is 1. The predicted molar refractivity (Wildman–Crippen MR) is 106 cm³/mol. The zero-order chi connectivity index (χ0) is 22.1. The standard InChI is InChI=1S/C23H23F3O4/c1-3-6-18(13-22(27)28)17-9-11-19(12-10-17)29-14-16(2)15-30-21-8-5-4-7-20(21)23(24,25)26/h4-5,7-12,16,18H,13-15H2,1-2H3,(H,27,28). The van der Waals surface area contributed by atoms with Crippen molar-refractivity contribution in [2.24, 2.45) is 5.92 Å². The van der Waals surface area contributed by atoms with Crippen LogP contribution in [-0.2, 0) is 11.0 Å². The molecule has 0 aliphatic rings. The van der Waals surface area contributed by atoms with Gasteiger partial charge in [-0.3, -0.25) is 4.79 Å². The van der Waals surface area contributed by atoms with E-state index in [2.05, 4.69) is 11.8 Å². The number of halogens is 3. The molecule has 0 radical (unpaired) electrons. The predicted octanol–water partition coefficient (Wildman–Crippen LogP) is 5.38. The molecule has 0 aromatic heterocycles. The van der Waals surface area contributed by atoms with Crippen molar-refractivity contribution in [3.05, 3.63) is 59.7 Å². The fraction of sp³-hybridized carbons (Fsp3) is 0.348. The number of para-hydroxylation sites is 1. The molecule has 2 atom stereocenters. The normalized spacial score (nSPS) is 13.0. The number of alkyl halides is 3.